The van der Waals surface area contributed by atoms with Gasteiger partial charge in [-0.2, -0.15) is 4.57 Å². The molecular formula is C31H38FN7O2. The summed E-state index contributed by atoms with van der Waals surface area (Å²) in [6.45, 7) is 8.22. The van der Waals surface area contributed by atoms with Gasteiger partial charge in [-0.25, -0.2) is 19.2 Å². The molecule has 1 N–H and O–H groups in total. The summed E-state index contributed by atoms with van der Waals surface area (Å²) in [4.78, 5) is 39.6. The highest BCUT2D eigenvalue weighted by Crippen LogP contribution is 2.28. The molecule has 5 rings (SSSR count). The number of benzene rings is 2. The van der Waals surface area contributed by atoms with E-state index >= 15 is 0 Å². The molecule has 1 unspecified atom stereocenters. The van der Waals surface area contributed by atoms with Crippen molar-refractivity contribution in [2.24, 2.45) is 5.92 Å². The van der Waals surface area contributed by atoms with Crippen LogP contribution in [0.5, 0.6) is 0 Å². The van der Waals surface area contributed by atoms with Gasteiger partial charge in [0.25, 0.3) is 5.56 Å². The van der Waals surface area contributed by atoms with Gasteiger partial charge in [0, 0.05) is 44.5 Å². The summed E-state index contributed by atoms with van der Waals surface area (Å²) >= 11 is 0. The van der Waals surface area contributed by atoms with Gasteiger partial charge in [-0.15, -0.1) is 0 Å². The highest BCUT2D eigenvalue weighted by atomic mass is 19.1. The molecule has 0 radical (unpaired) electrons. The van der Waals surface area contributed by atoms with Crippen LogP contribution in [0.4, 0.5) is 21.1 Å². The van der Waals surface area contributed by atoms with Crippen LogP contribution in [0.15, 0.2) is 65.6 Å². The van der Waals surface area contributed by atoms with E-state index in [2.05, 4.69) is 39.7 Å². The maximum Gasteiger partial charge on any atom is 0.331 e. The molecule has 1 fully saturated rings. The standard InChI is InChI=1S/C31H38FN7O2/c1-21(2)19-22(3)34-31(41)39-28(40)13-16-33-29(39)36(4)25-14-17-37(18-15-25)30-35-26-7-5-6-8-27(26)38(30)20-23-9-11-24(32)12-10-23/h5-13,16,21-22,25H,14-15,17-20H2,1-4H3,(H,34,41). The maximum atomic E-state index is 13.5. The number of para-hydroxylation sites is 2. The monoisotopic (exact) mass is 559 g/mol. The molecular weight excluding hydrogens is 521 g/mol. The highest BCUT2D eigenvalue weighted by Gasteiger charge is 2.29. The van der Waals surface area contributed by atoms with Crippen LogP contribution in [0.3, 0.4) is 0 Å². The zero-order valence-corrected chi connectivity index (χ0v) is 24.1. The molecule has 41 heavy (non-hydrogen) atoms. The fraction of sp³-hybridized carbons (Fsp3) is 0.419. The van der Waals surface area contributed by atoms with Crippen molar-refractivity contribution >= 4 is 29.0 Å². The Labute approximate surface area is 239 Å². The largest absolute Gasteiger partial charge is 0.342 e. The van der Waals surface area contributed by atoms with Crippen LogP contribution >= 0.6 is 0 Å². The van der Waals surface area contributed by atoms with Crippen LogP contribution in [0.1, 0.15) is 45.6 Å². The van der Waals surface area contributed by atoms with Gasteiger partial charge >= 0.3 is 6.03 Å². The van der Waals surface area contributed by atoms with Crippen molar-refractivity contribution in [3.63, 3.8) is 0 Å². The molecule has 0 aliphatic carbocycles. The van der Waals surface area contributed by atoms with Gasteiger partial charge in [0.05, 0.1) is 17.6 Å². The SMILES string of the molecule is CC(C)CC(C)NC(=O)n1c(N(C)C2CCN(c3nc4ccccc4n3Cc3ccc(F)cc3)CC2)nccc1=O. The molecule has 1 amide bonds. The van der Waals surface area contributed by atoms with Crippen LogP contribution in [0, 0.1) is 11.7 Å². The smallest absolute Gasteiger partial charge is 0.331 e. The average molecular weight is 560 g/mol. The Kier molecular flexibility index (Phi) is 8.37. The second-order valence-corrected chi connectivity index (χ2v) is 11.3. The van der Waals surface area contributed by atoms with Gasteiger partial charge in [-0.3, -0.25) is 4.79 Å². The number of anilines is 2. The average Bonchev–Trinajstić information content (AvgIpc) is 3.31. The minimum absolute atomic E-state index is 0.0647. The second kappa shape index (κ2) is 12.1. The third kappa shape index (κ3) is 6.26. The number of hydrogen-bond donors (Lipinski definition) is 1. The Bertz CT molecular complexity index is 1550. The number of imidazole rings is 1. The lowest BCUT2D eigenvalue weighted by Gasteiger charge is -2.38. The summed E-state index contributed by atoms with van der Waals surface area (Å²) in [7, 11) is 1.90. The van der Waals surface area contributed by atoms with Crippen molar-refractivity contribution in [1.29, 1.82) is 0 Å². The number of amides is 1. The first-order chi connectivity index (χ1) is 19.7. The highest BCUT2D eigenvalue weighted by molar-refractivity contribution is 5.80. The van der Waals surface area contributed by atoms with Crippen LogP contribution in [0.25, 0.3) is 11.0 Å². The van der Waals surface area contributed by atoms with Crippen molar-refractivity contribution < 1.29 is 9.18 Å². The van der Waals surface area contributed by atoms with Crippen molar-refractivity contribution in [3.05, 3.63) is 82.5 Å². The van der Waals surface area contributed by atoms with Gasteiger partial charge < -0.3 is 19.7 Å². The number of piperidine rings is 1. The van der Waals surface area contributed by atoms with Gasteiger partial charge in [-0.1, -0.05) is 38.1 Å². The molecule has 2 aromatic carbocycles. The number of hydrogen-bond acceptors (Lipinski definition) is 6. The zero-order chi connectivity index (χ0) is 29.1. The molecule has 1 atom stereocenters. The zero-order valence-electron chi connectivity index (χ0n) is 24.1. The summed E-state index contributed by atoms with van der Waals surface area (Å²) in [5, 5.41) is 2.95. The van der Waals surface area contributed by atoms with Gasteiger partial charge in [-0.05, 0) is 61.9 Å². The number of fused-ring (bicyclic) bond motifs is 1. The van der Waals surface area contributed by atoms with Crippen LogP contribution < -0.4 is 20.7 Å². The van der Waals surface area contributed by atoms with E-state index in [0.717, 1.165) is 59.5 Å². The molecule has 10 heteroatoms. The topological polar surface area (TPSA) is 88.3 Å². The summed E-state index contributed by atoms with van der Waals surface area (Å²) < 4.78 is 16.9. The predicted molar refractivity (Wildman–Crippen MR) is 160 cm³/mol. The molecule has 4 aromatic rings. The first-order valence-electron chi connectivity index (χ1n) is 14.3. The van der Waals surface area contributed by atoms with Crippen molar-refractivity contribution in [2.45, 2.75) is 58.7 Å². The van der Waals surface area contributed by atoms with E-state index < -0.39 is 11.6 Å². The number of nitrogens with zero attached hydrogens (tertiary/aromatic N) is 6. The first-order valence-corrected chi connectivity index (χ1v) is 14.3. The minimum Gasteiger partial charge on any atom is -0.342 e. The molecule has 1 saturated heterocycles. The van der Waals surface area contributed by atoms with Gasteiger partial charge in [0.15, 0.2) is 0 Å². The Morgan fingerprint density at radius 3 is 2.49 bits per heavy atom. The summed E-state index contributed by atoms with van der Waals surface area (Å²) in [5.41, 5.74) is 2.54. The van der Waals surface area contributed by atoms with E-state index in [-0.39, 0.29) is 17.9 Å². The maximum absolute atomic E-state index is 13.5. The normalized spacial score (nSPS) is 14.9. The van der Waals surface area contributed by atoms with Crippen LogP contribution in [-0.4, -0.2) is 57.4 Å². The number of aromatic nitrogens is 4. The Morgan fingerprint density at radius 1 is 1.07 bits per heavy atom. The molecule has 0 bridgehead atoms. The minimum atomic E-state index is -0.454. The third-order valence-electron chi connectivity index (χ3n) is 7.72. The van der Waals surface area contributed by atoms with Crippen molar-refractivity contribution in [2.75, 3.05) is 29.9 Å². The molecule has 0 saturated carbocycles. The lowest BCUT2D eigenvalue weighted by atomic mass is 10.0. The molecule has 216 valence electrons. The van der Waals surface area contributed by atoms with E-state index in [4.69, 9.17) is 4.98 Å². The number of nitrogens with one attached hydrogen (secondary N) is 1. The summed E-state index contributed by atoms with van der Waals surface area (Å²) in [6.07, 6.45) is 3.87. The fourth-order valence-electron chi connectivity index (χ4n) is 5.73. The second-order valence-electron chi connectivity index (χ2n) is 11.3. The van der Waals surface area contributed by atoms with Crippen LogP contribution in [-0.2, 0) is 6.54 Å². The third-order valence-corrected chi connectivity index (χ3v) is 7.72. The molecule has 1 aliphatic rings. The van der Waals surface area contributed by atoms with E-state index in [0.29, 0.717) is 18.4 Å². The number of carbonyl (C=O) groups is 1. The van der Waals surface area contributed by atoms with Crippen molar-refractivity contribution in [1.82, 2.24) is 24.4 Å². The molecule has 2 aromatic heterocycles. The van der Waals surface area contributed by atoms with E-state index in [9.17, 15) is 14.0 Å². The number of halogens is 1. The van der Waals surface area contributed by atoms with E-state index in [1.54, 1.807) is 12.1 Å². The number of rotatable bonds is 8. The lowest BCUT2D eigenvalue weighted by Crippen LogP contribution is -2.48. The Morgan fingerprint density at radius 2 is 1.78 bits per heavy atom. The lowest BCUT2D eigenvalue weighted by molar-refractivity contribution is 0.236. The summed E-state index contributed by atoms with van der Waals surface area (Å²) in [5.74, 6) is 1.39. The fourth-order valence-corrected chi connectivity index (χ4v) is 5.73. The van der Waals surface area contributed by atoms with Crippen LogP contribution in [0.2, 0.25) is 0 Å². The van der Waals surface area contributed by atoms with Gasteiger partial charge in [0.2, 0.25) is 11.9 Å². The first kappa shape index (κ1) is 28.3. The number of carbonyl (C=O) groups excluding carboxylic acids is 1. The van der Waals surface area contributed by atoms with E-state index in [1.165, 1.54) is 24.4 Å². The predicted octanol–water partition coefficient (Wildman–Crippen LogP) is 4.88. The molecule has 9 nitrogen and oxygen atoms in total. The summed E-state index contributed by atoms with van der Waals surface area (Å²) in [6, 6.07) is 15.5. The van der Waals surface area contributed by atoms with Crippen molar-refractivity contribution in [3.8, 4) is 0 Å². The Balaban J connectivity index is 1.34. The molecule has 0 spiro atoms. The quantitative estimate of drug-likeness (QED) is 0.331. The van der Waals surface area contributed by atoms with E-state index in [1.807, 2.05) is 37.1 Å². The molecule has 3 heterocycles. The van der Waals surface area contributed by atoms with Gasteiger partial charge in [0.1, 0.15) is 5.82 Å². The Hall–Kier alpha value is -4.21. The molecule has 1 aliphatic heterocycles.